The summed E-state index contributed by atoms with van der Waals surface area (Å²) >= 11 is 0. The van der Waals surface area contributed by atoms with Gasteiger partial charge in [-0.25, -0.2) is 0 Å². The first-order chi connectivity index (χ1) is 12.1. The molecule has 1 saturated heterocycles. The first-order valence-corrected chi connectivity index (χ1v) is 8.94. The van der Waals surface area contributed by atoms with Gasteiger partial charge in [0.1, 0.15) is 0 Å². The lowest BCUT2D eigenvalue weighted by Crippen LogP contribution is -2.40. The van der Waals surface area contributed by atoms with Gasteiger partial charge in [-0.15, -0.1) is 0 Å². The van der Waals surface area contributed by atoms with Crippen molar-refractivity contribution >= 4 is 23.7 Å². The van der Waals surface area contributed by atoms with Crippen LogP contribution in [0.3, 0.4) is 0 Å². The minimum Gasteiger partial charge on any atom is -0.378 e. The highest BCUT2D eigenvalue weighted by molar-refractivity contribution is 6.06. The number of anilines is 1. The minimum absolute atomic E-state index is 0.110. The van der Waals surface area contributed by atoms with E-state index in [9.17, 15) is 9.59 Å². The molecule has 2 amide bonds. The summed E-state index contributed by atoms with van der Waals surface area (Å²) < 4.78 is 0. The zero-order chi connectivity index (χ0) is 17.3. The third kappa shape index (κ3) is 2.04. The summed E-state index contributed by atoms with van der Waals surface area (Å²) in [5.74, 6) is 1.15. The van der Waals surface area contributed by atoms with E-state index >= 15 is 0 Å². The van der Waals surface area contributed by atoms with Crippen LogP contribution in [0.25, 0.3) is 0 Å². The average Bonchev–Trinajstić information content (AvgIpc) is 3.39. The lowest BCUT2D eigenvalue weighted by Gasteiger charge is -2.37. The Kier molecular flexibility index (Phi) is 3.00. The summed E-state index contributed by atoms with van der Waals surface area (Å²) in [6.07, 6.45) is 7.15. The van der Waals surface area contributed by atoms with Crippen LogP contribution in [0.15, 0.2) is 41.5 Å². The van der Waals surface area contributed by atoms with Crippen molar-refractivity contribution < 1.29 is 9.59 Å². The van der Waals surface area contributed by atoms with Crippen molar-refractivity contribution in [2.45, 2.75) is 6.42 Å². The number of carbonyl (C=O) groups is 2. The number of imide groups is 1. The van der Waals surface area contributed by atoms with Gasteiger partial charge in [0.05, 0.1) is 18.1 Å². The van der Waals surface area contributed by atoms with E-state index in [1.807, 2.05) is 43.3 Å². The molecule has 6 atom stereocenters. The SMILES string of the molecule is CN(C)c1ccc(/C=N/N2C(=O)C3C4C=CC(C5CC45)C3C2=O)cc1. The summed E-state index contributed by atoms with van der Waals surface area (Å²) in [6.45, 7) is 0. The van der Waals surface area contributed by atoms with Crippen molar-refractivity contribution in [2.75, 3.05) is 19.0 Å². The molecule has 2 saturated carbocycles. The number of hydrogen-bond acceptors (Lipinski definition) is 4. The Balaban J connectivity index is 1.39. The summed E-state index contributed by atoms with van der Waals surface area (Å²) in [7, 11) is 3.97. The fourth-order valence-electron chi connectivity index (χ4n) is 5.04. The predicted molar refractivity (Wildman–Crippen MR) is 94.9 cm³/mol. The molecule has 4 aliphatic carbocycles. The van der Waals surface area contributed by atoms with Crippen molar-refractivity contribution in [3.63, 3.8) is 0 Å². The van der Waals surface area contributed by atoms with Crippen LogP contribution in [0.5, 0.6) is 0 Å². The Hall–Kier alpha value is -2.43. The van der Waals surface area contributed by atoms with E-state index in [2.05, 4.69) is 17.3 Å². The molecule has 6 rings (SSSR count). The zero-order valence-electron chi connectivity index (χ0n) is 14.4. The summed E-state index contributed by atoms with van der Waals surface area (Å²) in [5.41, 5.74) is 1.98. The van der Waals surface area contributed by atoms with E-state index in [0.29, 0.717) is 11.8 Å². The van der Waals surface area contributed by atoms with Gasteiger partial charge >= 0.3 is 0 Å². The predicted octanol–water partition coefficient (Wildman–Crippen LogP) is 2.14. The smallest absolute Gasteiger partial charge is 0.254 e. The third-order valence-corrected chi connectivity index (χ3v) is 6.37. The first kappa shape index (κ1) is 14.9. The van der Waals surface area contributed by atoms with Gasteiger partial charge in [-0.3, -0.25) is 9.59 Å². The largest absolute Gasteiger partial charge is 0.378 e. The molecule has 0 N–H and O–H groups in total. The Morgan fingerprint density at radius 3 is 2.08 bits per heavy atom. The van der Waals surface area contributed by atoms with Gasteiger partial charge in [0.2, 0.25) is 0 Å². The number of amides is 2. The molecule has 6 unspecified atom stereocenters. The van der Waals surface area contributed by atoms with Crippen molar-refractivity contribution in [3.05, 3.63) is 42.0 Å². The Morgan fingerprint density at radius 2 is 1.56 bits per heavy atom. The fraction of sp³-hybridized carbons (Fsp3) is 0.450. The van der Waals surface area contributed by atoms with Crippen LogP contribution in [0.1, 0.15) is 12.0 Å². The van der Waals surface area contributed by atoms with Gasteiger partial charge in [0.15, 0.2) is 0 Å². The van der Waals surface area contributed by atoms with Gasteiger partial charge in [-0.05, 0) is 47.8 Å². The molecule has 5 heteroatoms. The maximum absolute atomic E-state index is 12.8. The number of carbonyl (C=O) groups excluding carboxylic acids is 2. The molecule has 0 aromatic heterocycles. The van der Waals surface area contributed by atoms with Crippen LogP contribution in [-0.4, -0.2) is 37.1 Å². The molecule has 1 aromatic rings. The molecule has 1 aromatic carbocycles. The topological polar surface area (TPSA) is 53.0 Å². The van der Waals surface area contributed by atoms with Crippen LogP contribution >= 0.6 is 0 Å². The first-order valence-electron chi connectivity index (χ1n) is 8.94. The number of hydrogen-bond donors (Lipinski definition) is 0. The summed E-state index contributed by atoms with van der Waals surface area (Å²) in [4.78, 5) is 27.7. The molecule has 25 heavy (non-hydrogen) atoms. The monoisotopic (exact) mass is 335 g/mol. The van der Waals surface area contributed by atoms with E-state index in [0.717, 1.165) is 16.3 Å². The Morgan fingerprint density at radius 1 is 1.00 bits per heavy atom. The van der Waals surface area contributed by atoms with E-state index in [-0.39, 0.29) is 35.5 Å². The molecule has 0 radical (unpaired) electrons. The van der Waals surface area contributed by atoms with E-state index < -0.39 is 0 Å². The van der Waals surface area contributed by atoms with Crippen LogP contribution in [0.4, 0.5) is 5.69 Å². The van der Waals surface area contributed by atoms with Crippen molar-refractivity contribution in [1.82, 2.24) is 5.01 Å². The molecule has 2 bridgehead atoms. The van der Waals surface area contributed by atoms with Crippen molar-refractivity contribution in [3.8, 4) is 0 Å². The van der Waals surface area contributed by atoms with Crippen molar-refractivity contribution in [1.29, 1.82) is 0 Å². The highest BCUT2D eigenvalue weighted by Gasteiger charge is 2.67. The number of rotatable bonds is 3. The molecular weight excluding hydrogens is 314 g/mol. The van der Waals surface area contributed by atoms with Gasteiger partial charge < -0.3 is 4.90 Å². The van der Waals surface area contributed by atoms with Gasteiger partial charge in [0, 0.05) is 19.8 Å². The second kappa shape index (κ2) is 5.04. The molecular formula is C20H21N3O2. The minimum atomic E-state index is -0.181. The maximum atomic E-state index is 12.8. The fourth-order valence-corrected chi connectivity index (χ4v) is 5.04. The molecule has 0 spiro atoms. The average molecular weight is 335 g/mol. The molecule has 128 valence electrons. The second-order valence-electron chi connectivity index (χ2n) is 7.87. The second-order valence-corrected chi connectivity index (χ2v) is 7.87. The van der Waals surface area contributed by atoms with Gasteiger partial charge in [0.25, 0.3) is 11.8 Å². The van der Waals surface area contributed by atoms with Gasteiger partial charge in [-0.2, -0.15) is 10.1 Å². The van der Waals surface area contributed by atoms with Crippen LogP contribution in [0.2, 0.25) is 0 Å². The molecule has 3 fully saturated rings. The number of hydrazone groups is 1. The number of allylic oxidation sites excluding steroid dienone is 2. The Bertz CT molecular complexity index is 775. The van der Waals surface area contributed by atoms with Gasteiger partial charge in [-0.1, -0.05) is 24.3 Å². The standard InChI is InChI=1S/C20H21N3O2/c1-22(2)12-5-3-11(4-6-12)10-21-23-19(24)17-13-7-8-14(16-9-15(13)16)18(17)20(23)25/h3-8,10,13-18H,9H2,1-2H3/b21-10+. The van der Waals surface area contributed by atoms with Crippen molar-refractivity contribution in [2.24, 2.45) is 40.6 Å². The lowest BCUT2D eigenvalue weighted by atomic mass is 9.63. The van der Waals surface area contributed by atoms with Crippen LogP contribution in [-0.2, 0) is 9.59 Å². The maximum Gasteiger partial charge on any atom is 0.254 e. The highest BCUT2D eigenvalue weighted by Crippen LogP contribution is 2.65. The molecule has 5 aliphatic rings. The van der Waals surface area contributed by atoms with Crippen LogP contribution < -0.4 is 4.90 Å². The normalized spacial score (nSPS) is 37.6. The van der Waals surface area contributed by atoms with E-state index in [1.54, 1.807) is 6.21 Å². The number of nitrogens with zero attached hydrogens (tertiary/aromatic N) is 3. The molecule has 1 heterocycles. The van der Waals surface area contributed by atoms with Crippen LogP contribution in [0, 0.1) is 35.5 Å². The number of benzene rings is 1. The zero-order valence-corrected chi connectivity index (χ0v) is 14.4. The highest BCUT2D eigenvalue weighted by atomic mass is 16.2. The quantitative estimate of drug-likeness (QED) is 0.483. The lowest BCUT2D eigenvalue weighted by molar-refractivity contribution is -0.140. The molecule has 1 aliphatic heterocycles. The summed E-state index contributed by atoms with van der Waals surface area (Å²) in [6, 6.07) is 7.87. The third-order valence-electron chi connectivity index (χ3n) is 6.37. The Labute approximate surface area is 147 Å². The molecule has 5 nitrogen and oxygen atoms in total. The van der Waals surface area contributed by atoms with E-state index in [4.69, 9.17) is 0 Å². The summed E-state index contributed by atoms with van der Waals surface area (Å²) in [5, 5.41) is 5.39. The van der Waals surface area contributed by atoms with E-state index in [1.165, 1.54) is 6.42 Å².